The molecule has 1 unspecified atom stereocenters. The van der Waals surface area contributed by atoms with E-state index >= 15 is 0 Å². The van der Waals surface area contributed by atoms with Crippen LogP contribution in [0.3, 0.4) is 0 Å². The molecule has 0 spiro atoms. The standard InChI is InChI=1S/C27H32ClF2N3O4S/c1-14-9-21(38-4)19(25(35)32-14)11-31-24(34)18-10-20(28)23-22(15(18)2)36-26(3,37-23)16-5-7-17(8-6-16)33-12-27(29,30)13-33/h9-10,16-17H,5-8,11-13H2,1-4H3,(H,31,34)(H,32,35). The lowest BCUT2D eigenvalue weighted by molar-refractivity contribution is -0.162. The number of halogens is 3. The van der Waals surface area contributed by atoms with Crippen molar-refractivity contribution in [3.8, 4) is 11.5 Å². The number of rotatable bonds is 6. The molecule has 0 radical (unpaired) electrons. The lowest BCUT2D eigenvalue weighted by atomic mass is 9.80. The summed E-state index contributed by atoms with van der Waals surface area (Å²) < 4.78 is 39.2. The van der Waals surface area contributed by atoms with E-state index in [9.17, 15) is 18.4 Å². The van der Waals surface area contributed by atoms with Gasteiger partial charge in [0.05, 0.1) is 18.1 Å². The lowest BCUT2D eigenvalue weighted by Crippen LogP contribution is -2.61. The number of thioether (sulfide) groups is 1. The molecule has 1 aromatic heterocycles. The number of hydrogen-bond acceptors (Lipinski definition) is 6. The lowest BCUT2D eigenvalue weighted by Gasteiger charge is -2.47. The van der Waals surface area contributed by atoms with Crippen LogP contribution in [0.2, 0.25) is 5.02 Å². The van der Waals surface area contributed by atoms with Crippen LogP contribution in [-0.2, 0) is 6.54 Å². The Labute approximate surface area is 229 Å². The number of benzene rings is 1. The third kappa shape index (κ3) is 5.02. The number of amides is 1. The maximum absolute atomic E-state index is 13.3. The van der Waals surface area contributed by atoms with Gasteiger partial charge in [0, 0.05) is 52.7 Å². The summed E-state index contributed by atoms with van der Waals surface area (Å²) in [5, 5.41) is 3.11. The molecule has 5 rings (SSSR count). The number of alkyl halides is 2. The monoisotopic (exact) mass is 567 g/mol. The van der Waals surface area contributed by atoms with E-state index in [1.165, 1.54) is 11.8 Å². The highest BCUT2D eigenvalue weighted by atomic mass is 35.5. The van der Waals surface area contributed by atoms with E-state index in [1.807, 2.05) is 31.1 Å². The molecule has 1 aliphatic carbocycles. The summed E-state index contributed by atoms with van der Waals surface area (Å²) >= 11 is 8.01. The normalized spacial score (nSPS) is 26.2. The second-order valence-electron chi connectivity index (χ2n) is 10.7. The Hall–Kier alpha value is -2.30. The van der Waals surface area contributed by atoms with Crippen LogP contribution in [0.25, 0.3) is 0 Å². The number of H-pyrrole nitrogens is 1. The van der Waals surface area contributed by atoms with E-state index in [2.05, 4.69) is 10.3 Å². The molecule has 3 heterocycles. The van der Waals surface area contributed by atoms with Crippen LogP contribution in [0.15, 0.2) is 21.8 Å². The van der Waals surface area contributed by atoms with Gasteiger partial charge in [0.2, 0.25) is 0 Å². The van der Waals surface area contributed by atoms with Crippen molar-refractivity contribution in [3.63, 3.8) is 0 Å². The highest BCUT2D eigenvalue weighted by Crippen LogP contribution is 2.52. The molecule has 38 heavy (non-hydrogen) atoms. The third-order valence-electron chi connectivity index (χ3n) is 7.99. The molecule has 3 aliphatic rings. The molecule has 11 heteroatoms. The van der Waals surface area contributed by atoms with Gasteiger partial charge in [0.15, 0.2) is 11.5 Å². The summed E-state index contributed by atoms with van der Waals surface area (Å²) in [5.74, 6) is -2.99. The molecular weight excluding hydrogens is 536 g/mol. The molecule has 2 aliphatic heterocycles. The van der Waals surface area contributed by atoms with Crippen molar-refractivity contribution >= 4 is 29.3 Å². The summed E-state index contributed by atoms with van der Waals surface area (Å²) in [6.45, 7) is 5.22. The van der Waals surface area contributed by atoms with Gasteiger partial charge in [0.25, 0.3) is 23.2 Å². The number of fused-ring (bicyclic) bond motifs is 1. The Balaban J connectivity index is 1.28. The molecule has 0 bridgehead atoms. The second kappa shape index (κ2) is 10.0. The number of carbonyl (C=O) groups is 1. The van der Waals surface area contributed by atoms with Crippen LogP contribution in [0.4, 0.5) is 8.78 Å². The molecule has 206 valence electrons. The van der Waals surface area contributed by atoms with E-state index in [-0.39, 0.29) is 48.1 Å². The zero-order valence-corrected chi connectivity index (χ0v) is 23.5. The van der Waals surface area contributed by atoms with Gasteiger partial charge in [-0.25, -0.2) is 8.78 Å². The topological polar surface area (TPSA) is 83.7 Å². The number of pyridine rings is 1. The SMILES string of the molecule is CSc1cc(C)[nH]c(=O)c1CNC(=O)c1cc(Cl)c2c(c1C)OC(C)(C1CCC(N3CC(F)(F)C3)CC1)O2. The molecule has 1 saturated carbocycles. The number of nitrogens with one attached hydrogen (secondary N) is 2. The van der Waals surface area contributed by atoms with Crippen molar-refractivity contribution in [1.29, 1.82) is 0 Å². The Morgan fingerprint density at radius 2 is 1.84 bits per heavy atom. The van der Waals surface area contributed by atoms with Crippen molar-refractivity contribution in [2.45, 2.75) is 75.6 Å². The number of nitrogens with zero attached hydrogens (tertiary/aromatic N) is 1. The summed E-state index contributed by atoms with van der Waals surface area (Å²) in [6.07, 6.45) is 5.05. The van der Waals surface area contributed by atoms with Crippen LogP contribution in [0.5, 0.6) is 11.5 Å². The Kier molecular flexibility index (Phi) is 7.19. The molecule has 2 N–H and O–H groups in total. The quantitative estimate of drug-likeness (QED) is 0.461. The summed E-state index contributed by atoms with van der Waals surface area (Å²) in [6, 6.07) is 3.60. The number of likely N-dealkylation sites (tertiary alicyclic amines) is 1. The minimum Gasteiger partial charge on any atom is -0.448 e. The van der Waals surface area contributed by atoms with Crippen molar-refractivity contribution in [3.05, 3.63) is 49.9 Å². The number of aromatic amines is 1. The minimum atomic E-state index is -2.56. The van der Waals surface area contributed by atoms with Gasteiger partial charge in [-0.05, 0) is 57.9 Å². The zero-order chi connectivity index (χ0) is 27.4. The van der Waals surface area contributed by atoms with E-state index in [4.69, 9.17) is 21.1 Å². The van der Waals surface area contributed by atoms with Crippen molar-refractivity contribution in [2.24, 2.45) is 5.92 Å². The average molecular weight is 568 g/mol. The smallest absolute Gasteiger partial charge is 0.272 e. The van der Waals surface area contributed by atoms with E-state index < -0.39 is 11.7 Å². The van der Waals surface area contributed by atoms with Crippen molar-refractivity contribution in [1.82, 2.24) is 15.2 Å². The van der Waals surface area contributed by atoms with Crippen molar-refractivity contribution in [2.75, 3.05) is 19.3 Å². The molecule has 2 aromatic rings. The number of carbonyl (C=O) groups excluding carboxylic acids is 1. The largest absolute Gasteiger partial charge is 0.448 e. The molecule has 1 saturated heterocycles. The maximum atomic E-state index is 13.3. The van der Waals surface area contributed by atoms with E-state index in [0.717, 1.165) is 36.3 Å². The first kappa shape index (κ1) is 27.3. The van der Waals surface area contributed by atoms with Gasteiger partial charge < -0.3 is 19.8 Å². The fraction of sp³-hybridized carbons (Fsp3) is 0.556. The third-order valence-corrected chi connectivity index (χ3v) is 9.08. The maximum Gasteiger partial charge on any atom is 0.272 e. The van der Waals surface area contributed by atoms with Crippen LogP contribution < -0.4 is 20.3 Å². The Morgan fingerprint density at radius 3 is 2.47 bits per heavy atom. The van der Waals surface area contributed by atoms with Gasteiger partial charge in [0.1, 0.15) is 0 Å². The molecule has 7 nitrogen and oxygen atoms in total. The summed E-state index contributed by atoms with van der Waals surface area (Å²) in [7, 11) is 0. The van der Waals surface area contributed by atoms with Crippen LogP contribution in [0.1, 0.15) is 59.8 Å². The first-order valence-electron chi connectivity index (χ1n) is 12.8. The van der Waals surface area contributed by atoms with Gasteiger partial charge in [-0.2, -0.15) is 0 Å². The van der Waals surface area contributed by atoms with Crippen molar-refractivity contribution < 1.29 is 23.0 Å². The number of ether oxygens (including phenoxy) is 2. The Bertz CT molecular complexity index is 1320. The first-order valence-corrected chi connectivity index (χ1v) is 14.4. The average Bonchev–Trinajstić information content (AvgIpc) is 3.23. The second-order valence-corrected chi connectivity index (χ2v) is 11.9. The Morgan fingerprint density at radius 1 is 1.18 bits per heavy atom. The fourth-order valence-electron chi connectivity index (χ4n) is 5.82. The van der Waals surface area contributed by atoms with Gasteiger partial charge >= 0.3 is 0 Å². The highest BCUT2D eigenvalue weighted by Gasteiger charge is 2.51. The van der Waals surface area contributed by atoms with E-state index in [0.29, 0.717) is 28.2 Å². The fourth-order valence-corrected chi connectivity index (χ4v) is 6.76. The number of aromatic nitrogens is 1. The number of hydrogen-bond donors (Lipinski definition) is 2. The first-order chi connectivity index (χ1) is 17.9. The number of aryl methyl sites for hydroxylation is 1. The molecule has 2 fully saturated rings. The molecule has 1 aromatic carbocycles. The van der Waals surface area contributed by atoms with Crippen LogP contribution in [0, 0.1) is 19.8 Å². The van der Waals surface area contributed by atoms with Gasteiger partial charge in [-0.15, -0.1) is 11.8 Å². The van der Waals surface area contributed by atoms with Crippen LogP contribution >= 0.6 is 23.4 Å². The minimum absolute atomic E-state index is 0.0545. The van der Waals surface area contributed by atoms with Crippen LogP contribution in [-0.4, -0.2) is 52.9 Å². The zero-order valence-electron chi connectivity index (χ0n) is 21.9. The summed E-state index contributed by atoms with van der Waals surface area (Å²) in [5.41, 5.74) is 1.96. The predicted molar refractivity (Wildman–Crippen MR) is 143 cm³/mol. The van der Waals surface area contributed by atoms with Gasteiger partial charge in [-0.1, -0.05) is 11.6 Å². The van der Waals surface area contributed by atoms with E-state index in [1.54, 1.807) is 13.0 Å². The summed E-state index contributed by atoms with van der Waals surface area (Å²) in [4.78, 5) is 31.1. The molecule has 1 amide bonds. The highest BCUT2D eigenvalue weighted by molar-refractivity contribution is 7.98. The van der Waals surface area contributed by atoms with Gasteiger partial charge in [-0.3, -0.25) is 14.5 Å². The molecular formula is C27H32ClF2N3O4S. The molecule has 1 atom stereocenters. The predicted octanol–water partition coefficient (Wildman–Crippen LogP) is 5.29.